The Morgan fingerprint density at radius 2 is 2.08 bits per heavy atom. The SMILES string of the molecule is CC1CCCC(C2(F)CNC2)C1. The normalized spacial score (nSPS) is 40.5. The summed E-state index contributed by atoms with van der Waals surface area (Å²) in [6, 6.07) is 0. The first kappa shape index (κ1) is 8.49. The van der Waals surface area contributed by atoms with Gasteiger partial charge in [0.1, 0.15) is 5.67 Å². The van der Waals surface area contributed by atoms with Crippen LogP contribution in [0.25, 0.3) is 0 Å². The Kier molecular flexibility index (Phi) is 2.11. The van der Waals surface area contributed by atoms with Crippen molar-refractivity contribution in [1.82, 2.24) is 5.32 Å². The molecule has 1 heterocycles. The van der Waals surface area contributed by atoms with Gasteiger partial charge in [-0.2, -0.15) is 0 Å². The first-order chi connectivity index (χ1) is 5.71. The molecule has 1 saturated carbocycles. The molecule has 2 fully saturated rings. The molecule has 1 nitrogen and oxygen atoms in total. The van der Waals surface area contributed by atoms with Gasteiger partial charge in [0.15, 0.2) is 0 Å². The monoisotopic (exact) mass is 171 g/mol. The molecule has 2 atom stereocenters. The van der Waals surface area contributed by atoms with E-state index in [0.717, 1.165) is 18.8 Å². The fourth-order valence-electron chi connectivity index (χ4n) is 2.56. The van der Waals surface area contributed by atoms with Gasteiger partial charge in [-0.1, -0.05) is 19.8 Å². The second-order valence-corrected chi connectivity index (χ2v) is 4.61. The van der Waals surface area contributed by atoms with Crippen molar-refractivity contribution in [3.8, 4) is 0 Å². The average molecular weight is 171 g/mol. The Balaban J connectivity index is 1.94. The summed E-state index contributed by atoms with van der Waals surface area (Å²) >= 11 is 0. The van der Waals surface area contributed by atoms with Crippen LogP contribution in [-0.4, -0.2) is 18.8 Å². The fourth-order valence-corrected chi connectivity index (χ4v) is 2.56. The predicted octanol–water partition coefficient (Wildman–Crippen LogP) is 2.12. The minimum absolute atomic E-state index is 0.350. The summed E-state index contributed by atoms with van der Waals surface area (Å²) in [5.74, 6) is 1.10. The Hall–Kier alpha value is -0.110. The minimum atomic E-state index is -0.839. The molecule has 70 valence electrons. The molecule has 1 aliphatic carbocycles. The quantitative estimate of drug-likeness (QED) is 0.637. The van der Waals surface area contributed by atoms with Gasteiger partial charge in [0, 0.05) is 13.1 Å². The van der Waals surface area contributed by atoms with Gasteiger partial charge in [-0.25, -0.2) is 4.39 Å². The van der Waals surface area contributed by atoms with Crippen LogP contribution in [0.1, 0.15) is 32.6 Å². The van der Waals surface area contributed by atoms with Crippen molar-refractivity contribution in [1.29, 1.82) is 0 Å². The van der Waals surface area contributed by atoms with Gasteiger partial charge < -0.3 is 5.32 Å². The number of hydrogen-bond acceptors (Lipinski definition) is 1. The molecule has 0 radical (unpaired) electrons. The molecule has 0 amide bonds. The summed E-state index contributed by atoms with van der Waals surface area (Å²) in [5.41, 5.74) is -0.839. The lowest BCUT2D eigenvalue weighted by atomic mass is 9.72. The summed E-state index contributed by atoms with van der Waals surface area (Å²) in [5, 5.41) is 3.04. The lowest BCUT2D eigenvalue weighted by Crippen LogP contribution is -2.61. The zero-order valence-corrected chi connectivity index (χ0v) is 7.78. The summed E-state index contributed by atoms with van der Waals surface area (Å²) in [6.07, 6.45) is 4.76. The molecule has 2 heteroatoms. The molecule has 0 aromatic heterocycles. The van der Waals surface area contributed by atoms with Crippen molar-refractivity contribution in [2.75, 3.05) is 13.1 Å². The number of rotatable bonds is 1. The van der Waals surface area contributed by atoms with E-state index in [1.807, 2.05) is 0 Å². The van der Waals surface area contributed by atoms with Gasteiger partial charge in [-0.3, -0.25) is 0 Å². The maximum Gasteiger partial charge on any atom is 0.138 e. The third kappa shape index (κ3) is 1.37. The molecule has 0 aromatic carbocycles. The highest BCUT2D eigenvalue weighted by Crippen LogP contribution is 2.39. The molecular formula is C10H18FN. The zero-order chi connectivity index (χ0) is 8.60. The molecular weight excluding hydrogens is 153 g/mol. The molecule has 0 spiro atoms. The Bertz CT molecular complexity index is 165. The van der Waals surface area contributed by atoms with Crippen molar-refractivity contribution < 1.29 is 4.39 Å². The largest absolute Gasteiger partial charge is 0.310 e. The number of halogens is 1. The number of nitrogens with one attached hydrogen (secondary N) is 1. The summed E-state index contributed by atoms with van der Waals surface area (Å²) in [6.45, 7) is 3.45. The Morgan fingerprint density at radius 3 is 2.58 bits per heavy atom. The lowest BCUT2D eigenvalue weighted by molar-refractivity contribution is -0.00294. The van der Waals surface area contributed by atoms with E-state index in [1.165, 1.54) is 12.8 Å². The maximum atomic E-state index is 13.9. The number of alkyl halides is 1. The molecule has 2 unspecified atom stereocenters. The highest BCUT2D eigenvalue weighted by molar-refractivity contribution is 4.99. The topological polar surface area (TPSA) is 12.0 Å². The van der Waals surface area contributed by atoms with Gasteiger partial charge in [-0.15, -0.1) is 0 Å². The van der Waals surface area contributed by atoms with Crippen LogP contribution in [0.4, 0.5) is 4.39 Å². The predicted molar refractivity (Wildman–Crippen MR) is 47.8 cm³/mol. The average Bonchev–Trinajstić information content (AvgIpc) is 2.00. The third-order valence-electron chi connectivity index (χ3n) is 3.51. The summed E-state index contributed by atoms with van der Waals surface area (Å²) < 4.78 is 13.9. The van der Waals surface area contributed by atoms with Gasteiger partial charge in [-0.05, 0) is 24.7 Å². The highest BCUT2D eigenvalue weighted by Gasteiger charge is 2.45. The van der Waals surface area contributed by atoms with Crippen molar-refractivity contribution in [2.24, 2.45) is 11.8 Å². The second kappa shape index (κ2) is 2.99. The van der Waals surface area contributed by atoms with Crippen LogP contribution < -0.4 is 5.32 Å². The van der Waals surface area contributed by atoms with Crippen LogP contribution in [0, 0.1) is 11.8 Å². The van der Waals surface area contributed by atoms with Gasteiger partial charge in [0.2, 0.25) is 0 Å². The van der Waals surface area contributed by atoms with E-state index in [4.69, 9.17) is 0 Å². The van der Waals surface area contributed by atoms with Gasteiger partial charge in [0.25, 0.3) is 0 Å². The molecule has 2 rings (SSSR count). The second-order valence-electron chi connectivity index (χ2n) is 4.61. The van der Waals surface area contributed by atoms with Gasteiger partial charge in [0.05, 0.1) is 0 Å². The molecule has 1 aliphatic heterocycles. The van der Waals surface area contributed by atoms with E-state index >= 15 is 0 Å². The minimum Gasteiger partial charge on any atom is -0.310 e. The van der Waals surface area contributed by atoms with E-state index in [1.54, 1.807) is 0 Å². The van der Waals surface area contributed by atoms with Crippen LogP contribution in [-0.2, 0) is 0 Å². The molecule has 0 aromatic rings. The molecule has 2 aliphatic rings. The summed E-state index contributed by atoms with van der Waals surface area (Å²) in [4.78, 5) is 0. The molecule has 0 bridgehead atoms. The first-order valence-corrected chi connectivity index (χ1v) is 5.10. The Morgan fingerprint density at radius 1 is 1.33 bits per heavy atom. The van der Waals surface area contributed by atoms with E-state index in [9.17, 15) is 4.39 Å². The highest BCUT2D eigenvalue weighted by atomic mass is 19.1. The van der Waals surface area contributed by atoms with E-state index in [0.29, 0.717) is 19.0 Å². The van der Waals surface area contributed by atoms with E-state index in [-0.39, 0.29) is 0 Å². The van der Waals surface area contributed by atoms with Crippen LogP contribution in [0.2, 0.25) is 0 Å². The zero-order valence-electron chi connectivity index (χ0n) is 7.78. The van der Waals surface area contributed by atoms with Crippen molar-refractivity contribution in [2.45, 2.75) is 38.3 Å². The van der Waals surface area contributed by atoms with E-state index in [2.05, 4.69) is 12.2 Å². The van der Waals surface area contributed by atoms with Crippen LogP contribution in [0.3, 0.4) is 0 Å². The molecule has 1 N–H and O–H groups in total. The number of hydrogen-bond donors (Lipinski definition) is 1. The van der Waals surface area contributed by atoms with Crippen molar-refractivity contribution in [3.05, 3.63) is 0 Å². The third-order valence-corrected chi connectivity index (χ3v) is 3.51. The summed E-state index contributed by atoms with van der Waals surface area (Å²) in [7, 11) is 0. The standard InChI is InChI=1S/C10H18FN/c1-8-3-2-4-9(5-8)10(11)6-12-7-10/h8-9,12H,2-7H2,1H3. The fraction of sp³-hybridized carbons (Fsp3) is 1.00. The lowest BCUT2D eigenvalue weighted by Gasteiger charge is -2.44. The van der Waals surface area contributed by atoms with Crippen LogP contribution in [0.15, 0.2) is 0 Å². The van der Waals surface area contributed by atoms with Crippen LogP contribution in [0.5, 0.6) is 0 Å². The van der Waals surface area contributed by atoms with Gasteiger partial charge >= 0.3 is 0 Å². The molecule has 1 saturated heterocycles. The maximum absolute atomic E-state index is 13.9. The van der Waals surface area contributed by atoms with Crippen molar-refractivity contribution in [3.63, 3.8) is 0 Å². The Labute approximate surface area is 73.7 Å². The van der Waals surface area contributed by atoms with Crippen LogP contribution >= 0.6 is 0 Å². The first-order valence-electron chi connectivity index (χ1n) is 5.10. The smallest absolute Gasteiger partial charge is 0.138 e. The molecule has 12 heavy (non-hydrogen) atoms. The van der Waals surface area contributed by atoms with E-state index < -0.39 is 5.67 Å². The van der Waals surface area contributed by atoms with Crippen molar-refractivity contribution >= 4 is 0 Å².